The molecule has 0 aromatic heterocycles. The van der Waals surface area contributed by atoms with Crippen LogP contribution < -0.4 is 5.32 Å². The van der Waals surface area contributed by atoms with Crippen LogP contribution >= 0.6 is 0 Å². The van der Waals surface area contributed by atoms with Crippen molar-refractivity contribution in [2.24, 2.45) is 5.41 Å². The molecule has 2 atom stereocenters. The van der Waals surface area contributed by atoms with Crippen LogP contribution in [0.1, 0.15) is 51.9 Å². The molecular weight excluding hydrogens is 244 g/mol. The Kier molecular flexibility index (Phi) is 4.32. The van der Waals surface area contributed by atoms with Crippen LogP contribution in [-0.4, -0.2) is 41.1 Å². The van der Waals surface area contributed by atoms with Crippen molar-refractivity contribution in [2.75, 3.05) is 13.1 Å². The molecule has 1 saturated carbocycles. The summed E-state index contributed by atoms with van der Waals surface area (Å²) in [5, 5.41) is 12.3. The van der Waals surface area contributed by atoms with Crippen molar-refractivity contribution >= 4 is 12.0 Å². The molecule has 1 aliphatic heterocycles. The molecule has 0 radical (unpaired) electrons. The molecular formula is C14H24N2O3. The summed E-state index contributed by atoms with van der Waals surface area (Å²) in [6, 6.07) is -0.318. The summed E-state index contributed by atoms with van der Waals surface area (Å²) in [5.74, 6) is -0.800. The van der Waals surface area contributed by atoms with Gasteiger partial charge in [-0.05, 0) is 32.6 Å². The molecule has 2 amide bonds. The number of amides is 2. The highest BCUT2D eigenvalue weighted by molar-refractivity contribution is 5.79. The molecule has 5 nitrogen and oxygen atoms in total. The molecule has 2 N–H and O–H groups in total. The van der Waals surface area contributed by atoms with Gasteiger partial charge in [0.1, 0.15) is 0 Å². The lowest BCUT2D eigenvalue weighted by Crippen LogP contribution is -2.51. The van der Waals surface area contributed by atoms with Gasteiger partial charge in [0.15, 0.2) is 0 Å². The first-order chi connectivity index (χ1) is 9.04. The standard InChI is InChI=1S/C14H24N2O3/c1-14(12(17)18)8-6-7-11(14)15-13(19)16-9-4-2-3-5-10-16/h11H,2-10H2,1H3,(H,15,19)(H,17,18). The first kappa shape index (κ1) is 14.2. The maximum Gasteiger partial charge on any atom is 0.317 e. The number of rotatable bonds is 2. The van der Waals surface area contributed by atoms with Crippen LogP contribution in [0.2, 0.25) is 0 Å². The van der Waals surface area contributed by atoms with Crippen LogP contribution in [0.5, 0.6) is 0 Å². The maximum atomic E-state index is 12.2. The number of hydrogen-bond acceptors (Lipinski definition) is 2. The number of nitrogens with one attached hydrogen (secondary N) is 1. The van der Waals surface area contributed by atoms with Crippen molar-refractivity contribution in [1.82, 2.24) is 10.2 Å². The number of nitrogens with zero attached hydrogens (tertiary/aromatic N) is 1. The van der Waals surface area contributed by atoms with E-state index in [0.717, 1.165) is 38.8 Å². The monoisotopic (exact) mass is 268 g/mol. The van der Waals surface area contributed by atoms with E-state index in [1.54, 1.807) is 6.92 Å². The van der Waals surface area contributed by atoms with Gasteiger partial charge >= 0.3 is 12.0 Å². The fraction of sp³-hybridized carbons (Fsp3) is 0.857. The molecule has 0 aromatic rings. The Bertz CT molecular complexity index is 351. The van der Waals surface area contributed by atoms with Gasteiger partial charge < -0.3 is 15.3 Å². The van der Waals surface area contributed by atoms with Crippen LogP contribution in [-0.2, 0) is 4.79 Å². The van der Waals surface area contributed by atoms with E-state index < -0.39 is 11.4 Å². The molecule has 2 aliphatic rings. The average Bonchev–Trinajstić information content (AvgIpc) is 2.61. The lowest BCUT2D eigenvalue weighted by atomic mass is 9.85. The van der Waals surface area contributed by atoms with Gasteiger partial charge in [0, 0.05) is 19.1 Å². The molecule has 1 aliphatic carbocycles. The Balaban J connectivity index is 1.96. The molecule has 19 heavy (non-hydrogen) atoms. The predicted molar refractivity (Wildman–Crippen MR) is 72.0 cm³/mol. The minimum absolute atomic E-state index is 0.0822. The van der Waals surface area contributed by atoms with Crippen LogP contribution in [0.15, 0.2) is 0 Å². The largest absolute Gasteiger partial charge is 0.481 e. The first-order valence-corrected chi connectivity index (χ1v) is 7.33. The zero-order valence-corrected chi connectivity index (χ0v) is 11.7. The van der Waals surface area contributed by atoms with Crippen molar-refractivity contribution in [3.05, 3.63) is 0 Å². The number of carboxylic acid groups (broad SMARTS) is 1. The number of urea groups is 1. The predicted octanol–water partition coefficient (Wildman–Crippen LogP) is 2.22. The van der Waals surface area contributed by atoms with Crippen LogP contribution in [0, 0.1) is 5.41 Å². The first-order valence-electron chi connectivity index (χ1n) is 7.33. The quantitative estimate of drug-likeness (QED) is 0.806. The van der Waals surface area contributed by atoms with E-state index in [1.165, 1.54) is 12.8 Å². The van der Waals surface area contributed by atoms with Crippen molar-refractivity contribution < 1.29 is 14.7 Å². The van der Waals surface area contributed by atoms with Gasteiger partial charge in [-0.3, -0.25) is 4.79 Å². The molecule has 0 spiro atoms. The van der Waals surface area contributed by atoms with E-state index in [4.69, 9.17) is 0 Å². The van der Waals surface area contributed by atoms with Crippen LogP contribution in [0.4, 0.5) is 4.79 Å². The van der Waals surface area contributed by atoms with E-state index >= 15 is 0 Å². The lowest BCUT2D eigenvalue weighted by molar-refractivity contribution is -0.148. The van der Waals surface area contributed by atoms with Gasteiger partial charge in [0.05, 0.1) is 5.41 Å². The molecule has 1 heterocycles. The minimum atomic E-state index is -0.804. The van der Waals surface area contributed by atoms with Gasteiger partial charge in [-0.15, -0.1) is 0 Å². The van der Waals surface area contributed by atoms with Crippen LogP contribution in [0.25, 0.3) is 0 Å². The van der Waals surface area contributed by atoms with E-state index in [9.17, 15) is 14.7 Å². The third kappa shape index (κ3) is 3.01. The van der Waals surface area contributed by atoms with Gasteiger partial charge in [0.25, 0.3) is 0 Å². The Hall–Kier alpha value is -1.26. The van der Waals surface area contributed by atoms with E-state index in [0.29, 0.717) is 6.42 Å². The molecule has 2 fully saturated rings. The molecule has 2 rings (SSSR count). The highest BCUT2D eigenvalue weighted by Crippen LogP contribution is 2.38. The number of carboxylic acids is 1. The van der Waals surface area contributed by atoms with E-state index in [2.05, 4.69) is 5.32 Å². The van der Waals surface area contributed by atoms with Crippen molar-refractivity contribution in [3.63, 3.8) is 0 Å². The summed E-state index contributed by atoms with van der Waals surface area (Å²) < 4.78 is 0. The van der Waals surface area contributed by atoms with Gasteiger partial charge in [-0.25, -0.2) is 4.79 Å². The highest BCUT2D eigenvalue weighted by atomic mass is 16.4. The van der Waals surface area contributed by atoms with E-state index in [-0.39, 0.29) is 12.1 Å². The lowest BCUT2D eigenvalue weighted by Gasteiger charge is -2.30. The third-order valence-electron chi connectivity index (χ3n) is 4.64. The summed E-state index contributed by atoms with van der Waals surface area (Å²) in [4.78, 5) is 25.5. The fourth-order valence-electron chi connectivity index (χ4n) is 3.17. The van der Waals surface area contributed by atoms with Crippen molar-refractivity contribution in [3.8, 4) is 0 Å². The fourth-order valence-corrected chi connectivity index (χ4v) is 3.17. The second-order valence-electron chi connectivity index (χ2n) is 6.02. The van der Waals surface area contributed by atoms with Gasteiger partial charge in [-0.1, -0.05) is 19.3 Å². The molecule has 2 unspecified atom stereocenters. The number of aliphatic carboxylic acids is 1. The second-order valence-corrected chi connectivity index (χ2v) is 6.02. The molecule has 108 valence electrons. The Morgan fingerprint density at radius 3 is 2.37 bits per heavy atom. The molecule has 1 saturated heterocycles. The number of carbonyl (C=O) groups excluding carboxylic acids is 1. The normalized spacial score (nSPS) is 31.8. The molecule has 0 bridgehead atoms. The topological polar surface area (TPSA) is 69.6 Å². The summed E-state index contributed by atoms with van der Waals surface area (Å²) in [6.45, 7) is 3.33. The van der Waals surface area contributed by atoms with Crippen molar-refractivity contribution in [1.29, 1.82) is 0 Å². The second kappa shape index (κ2) is 5.80. The minimum Gasteiger partial charge on any atom is -0.481 e. The summed E-state index contributed by atoms with van der Waals surface area (Å²) in [6.07, 6.45) is 6.74. The Morgan fingerprint density at radius 1 is 1.16 bits per heavy atom. The Labute approximate surface area is 114 Å². The third-order valence-corrected chi connectivity index (χ3v) is 4.64. The van der Waals surface area contributed by atoms with Gasteiger partial charge in [-0.2, -0.15) is 0 Å². The summed E-state index contributed by atoms with van der Waals surface area (Å²) in [5.41, 5.74) is -0.804. The van der Waals surface area contributed by atoms with Gasteiger partial charge in [0.2, 0.25) is 0 Å². The Morgan fingerprint density at radius 2 is 1.79 bits per heavy atom. The molecule has 0 aromatic carbocycles. The number of likely N-dealkylation sites (tertiary alicyclic amines) is 1. The highest BCUT2D eigenvalue weighted by Gasteiger charge is 2.46. The smallest absolute Gasteiger partial charge is 0.317 e. The zero-order valence-electron chi connectivity index (χ0n) is 11.7. The summed E-state index contributed by atoms with van der Waals surface area (Å²) in [7, 11) is 0. The number of hydrogen-bond donors (Lipinski definition) is 2. The molecule has 5 heteroatoms. The van der Waals surface area contributed by atoms with Crippen LogP contribution in [0.3, 0.4) is 0 Å². The zero-order chi connectivity index (χ0) is 13.9. The summed E-state index contributed by atoms with van der Waals surface area (Å²) >= 11 is 0. The number of carbonyl (C=O) groups is 2. The maximum absolute atomic E-state index is 12.2. The van der Waals surface area contributed by atoms with E-state index in [1.807, 2.05) is 4.90 Å². The average molecular weight is 268 g/mol. The van der Waals surface area contributed by atoms with Crippen molar-refractivity contribution in [2.45, 2.75) is 57.9 Å². The SMILES string of the molecule is CC1(C(=O)O)CCCC1NC(=O)N1CCCCCC1.